The molecule has 4 N–H and O–H groups in total. The molecule has 0 radical (unpaired) electrons. The summed E-state index contributed by atoms with van der Waals surface area (Å²) in [7, 11) is 0. The van der Waals surface area contributed by atoms with Gasteiger partial charge in [-0.2, -0.15) is 0 Å². The Bertz CT molecular complexity index is 197. The lowest BCUT2D eigenvalue weighted by atomic mass is 9.85. The maximum absolute atomic E-state index is 10.9. The Kier molecular flexibility index (Phi) is 3.25. The van der Waals surface area contributed by atoms with Crippen molar-refractivity contribution in [3.05, 3.63) is 0 Å². The van der Waals surface area contributed by atoms with Gasteiger partial charge in [0.1, 0.15) is 5.92 Å². The normalized spacial score (nSPS) is 18.8. The van der Waals surface area contributed by atoms with Crippen molar-refractivity contribution in [2.24, 2.45) is 23.3 Å². The molecule has 1 aliphatic rings. The fourth-order valence-corrected chi connectivity index (χ4v) is 1.65. The second kappa shape index (κ2) is 4.23. The van der Waals surface area contributed by atoms with E-state index in [2.05, 4.69) is 0 Å². The van der Waals surface area contributed by atoms with E-state index in [0.717, 1.165) is 0 Å². The van der Waals surface area contributed by atoms with Crippen LogP contribution < -0.4 is 11.5 Å². The molecule has 0 aromatic heterocycles. The van der Waals surface area contributed by atoms with Crippen LogP contribution in [0.4, 0.5) is 0 Å². The zero-order valence-electron chi connectivity index (χ0n) is 7.36. The Morgan fingerprint density at radius 2 is 1.62 bits per heavy atom. The standard InChI is InChI=1S/C8H14N2O3/c9-7(11)6(8(10)12)5-1-3-13-4-2-5/h5-6H,1-4H2,(H2,9,11)(H2,10,12). The lowest BCUT2D eigenvalue weighted by Crippen LogP contribution is -2.42. The van der Waals surface area contributed by atoms with Crippen LogP contribution in [0, 0.1) is 11.8 Å². The SMILES string of the molecule is NC(=O)C(C(N)=O)C1CCOCC1. The lowest BCUT2D eigenvalue weighted by Gasteiger charge is -2.25. The third-order valence-corrected chi connectivity index (χ3v) is 2.35. The van der Waals surface area contributed by atoms with Gasteiger partial charge in [0.25, 0.3) is 0 Å². The van der Waals surface area contributed by atoms with Gasteiger partial charge in [0.05, 0.1) is 0 Å². The number of primary amides is 2. The van der Waals surface area contributed by atoms with Crippen LogP contribution in [-0.4, -0.2) is 25.0 Å². The minimum atomic E-state index is -0.830. The Morgan fingerprint density at radius 3 is 2.00 bits per heavy atom. The van der Waals surface area contributed by atoms with Crippen molar-refractivity contribution in [3.8, 4) is 0 Å². The Hall–Kier alpha value is -1.10. The van der Waals surface area contributed by atoms with Crippen molar-refractivity contribution < 1.29 is 14.3 Å². The third kappa shape index (κ3) is 2.42. The van der Waals surface area contributed by atoms with Crippen molar-refractivity contribution >= 4 is 11.8 Å². The molecule has 0 bridgehead atoms. The molecular formula is C8H14N2O3. The summed E-state index contributed by atoms with van der Waals surface area (Å²) in [5, 5.41) is 0. The molecule has 0 aromatic carbocycles. The van der Waals surface area contributed by atoms with E-state index in [1.165, 1.54) is 0 Å². The van der Waals surface area contributed by atoms with Gasteiger partial charge in [-0.15, -0.1) is 0 Å². The van der Waals surface area contributed by atoms with Gasteiger partial charge in [0.2, 0.25) is 11.8 Å². The largest absolute Gasteiger partial charge is 0.381 e. The van der Waals surface area contributed by atoms with Crippen LogP contribution in [0.5, 0.6) is 0 Å². The minimum Gasteiger partial charge on any atom is -0.381 e. The number of nitrogens with two attached hydrogens (primary N) is 2. The van der Waals surface area contributed by atoms with Crippen LogP contribution in [0.25, 0.3) is 0 Å². The van der Waals surface area contributed by atoms with Crippen molar-refractivity contribution in [1.82, 2.24) is 0 Å². The lowest BCUT2D eigenvalue weighted by molar-refractivity contribution is -0.135. The van der Waals surface area contributed by atoms with Crippen LogP contribution >= 0.6 is 0 Å². The molecule has 1 rings (SSSR count). The predicted molar refractivity (Wildman–Crippen MR) is 45.4 cm³/mol. The summed E-state index contributed by atoms with van der Waals surface area (Å²) < 4.78 is 5.11. The van der Waals surface area contributed by atoms with Gasteiger partial charge in [-0.3, -0.25) is 9.59 Å². The molecule has 0 aromatic rings. The molecule has 5 nitrogen and oxygen atoms in total. The molecule has 1 heterocycles. The molecule has 5 heteroatoms. The zero-order chi connectivity index (χ0) is 9.84. The summed E-state index contributed by atoms with van der Waals surface area (Å²) in [5.74, 6) is -2.12. The van der Waals surface area contributed by atoms with E-state index in [1.807, 2.05) is 0 Å². The monoisotopic (exact) mass is 186 g/mol. The Morgan fingerprint density at radius 1 is 1.15 bits per heavy atom. The molecule has 1 aliphatic heterocycles. The van der Waals surface area contributed by atoms with Gasteiger partial charge in [0, 0.05) is 13.2 Å². The number of ether oxygens (including phenoxy) is 1. The summed E-state index contributed by atoms with van der Waals surface area (Å²) >= 11 is 0. The van der Waals surface area contributed by atoms with Crippen LogP contribution in [0.1, 0.15) is 12.8 Å². The first-order chi connectivity index (χ1) is 6.13. The maximum Gasteiger partial charge on any atom is 0.230 e. The molecule has 74 valence electrons. The molecule has 13 heavy (non-hydrogen) atoms. The van der Waals surface area contributed by atoms with Crippen LogP contribution in [0.2, 0.25) is 0 Å². The average molecular weight is 186 g/mol. The van der Waals surface area contributed by atoms with E-state index in [9.17, 15) is 9.59 Å². The van der Waals surface area contributed by atoms with E-state index in [4.69, 9.17) is 16.2 Å². The zero-order valence-corrected chi connectivity index (χ0v) is 7.36. The molecule has 0 saturated carbocycles. The number of carbonyl (C=O) groups excluding carboxylic acids is 2. The highest BCUT2D eigenvalue weighted by Crippen LogP contribution is 2.23. The van der Waals surface area contributed by atoms with E-state index in [0.29, 0.717) is 26.1 Å². The Labute approximate surface area is 76.4 Å². The first-order valence-electron chi connectivity index (χ1n) is 4.29. The van der Waals surface area contributed by atoms with Crippen molar-refractivity contribution in [2.75, 3.05) is 13.2 Å². The fourth-order valence-electron chi connectivity index (χ4n) is 1.65. The van der Waals surface area contributed by atoms with Gasteiger partial charge in [-0.1, -0.05) is 0 Å². The average Bonchev–Trinajstić information content (AvgIpc) is 2.04. The van der Waals surface area contributed by atoms with Gasteiger partial charge in [-0.05, 0) is 18.8 Å². The number of carbonyl (C=O) groups is 2. The quantitative estimate of drug-likeness (QED) is 0.553. The Balaban J connectivity index is 2.62. The molecule has 0 aliphatic carbocycles. The van der Waals surface area contributed by atoms with Crippen LogP contribution in [-0.2, 0) is 14.3 Å². The predicted octanol–water partition coefficient (Wildman–Crippen LogP) is -1.00. The third-order valence-electron chi connectivity index (χ3n) is 2.35. The van der Waals surface area contributed by atoms with Crippen LogP contribution in [0.15, 0.2) is 0 Å². The summed E-state index contributed by atoms with van der Waals surface area (Å²) in [6, 6.07) is 0. The maximum atomic E-state index is 10.9. The van der Waals surface area contributed by atoms with Crippen molar-refractivity contribution in [2.45, 2.75) is 12.8 Å². The van der Waals surface area contributed by atoms with E-state index < -0.39 is 17.7 Å². The van der Waals surface area contributed by atoms with E-state index >= 15 is 0 Å². The first-order valence-corrected chi connectivity index (χ1v) is 4.29. The molecule has 1 fully saturated rings. The highest BCUT2D eigenvalue weighted by Gasteiger charge is 2.32. The second-order valence-corrected chi connectivity index (χ2v) is 3.23. The van der Waals surface area contributed by atoms with Crippen LogP contribution in [0.3, 0.4) is 0 Å². The van der Waals surface area contributed by atoms with Gasteiger partial charge in [-0.25, -0.2) is 0 Å². The number of hydrogen-bond donors (Lipinski definition) is 2. The topological polar surface area (TPSA) is 95.4 Å². The smallest absolute Gasteiger partial charge is 0.230 e. The van der Waals surface area contributed by atoms with Crippen molar-refractivity contribution in [1.29, 1.82) is 0 Å². The van der Waals surface area contributed by atoms with Gasteiger partial charge >= 0.3 is 0 Å². The van der Waals surface area contributed by atoms with Gasteiger partial charge < -0.3 is 16.2 Å². The first kappa shape index (κ1) is 9.98. The highest BCUT2D eigenvalue weighted by atomic mass is 16.5. The molecule has 0 spiro atoms. The fraction of sp³-hybridized carbons (Fsp3) is 0.750. The minimum absolute atomic E-state index is 0.0382. The summed E-state index contributed by atoms with van der Waals surface area (Å²) in [4.78, 5) is 21.8. The van der Waals surface area contributed by atoms with E-state index in [1.54, 1.807) is 0 Å². The summed E-state index contributed by atoms with van der Waals surface area (Å²) in [6.45, 7) is 1.14. The molecule has 0 unspecified atom stereocenters. The molecule has 1 saturated heterocycles. The molecular weight excluding hydrogens is 172 g/mol. The van der Waals surface area contributed by atoms with Crippen molar-refractivity contribution in [3.63, 3.8) is 0 Å². The summed E-state index contributed by atoms with van der Waals surface area (Å²) in [5.41, 5.74) is 10.2. The number of hydrogen-bond acceptors (Lipinski definition) is 3. The number of amides is 2. The second-order valence-electron chi connectivity index (χ2n) is 3.23. The molecule has 2 amide bonds. The molecule has 0 atom stereocenters. The number of rotatable bonds is 3. The summed E-state index contributed by atoms with van der Waals surface area (Å²) in [6.07, 6.45) is 1.35. The van der Waals surface area contributed by atoms with Gasteiger partial charge in [0.15, 0.2) is 0 Å². The van der Waals surface area contributed by atoms with E-state index in [-0.39, 0.29) is 5.92 Å². The highest BCUT2D eigenvalue weighted by molar-refractivity contribution is 5.99.